The minimum Gasteiger partial charge on any atom is -0.339 e. The van der Waals surface area contributed by atoms with Crippen molar-refractivity contribution in [2.24, 2.45) is 11.7 Å². The van der Waals surface area contributed by atoms with E-state index in [9.17, 15) is 13.2 Å². The van der Waals surface area contributed by atoms with Gasteiger partial charge in [0.15, 0.2) is 0 Å². The van der Waals surface area contributed by atoms with E-state index in [1.165, 1.54) is 16.4 Å². The largest absolute Gasteiger partial charge is 0.339 e. The van der Waals surface area contributed by atoms with Crippen LogP contribution in [0.3, 0.4) is 0 Å². The van der Waals surface area contributed by atoms with Crippen molar-refractivity contribution in [2.45, 2.75) is 50.6 Å². The number of piperidine rings is 1. The maximum Gasteiger partial charge on any atom is 0.253 e. The number of rotatable bonds is 5. The van der Waals surface area contributed by atoms with Crippen molar-refractivity contribution in [3.8, 4) is 0 Å². The highest BCUT2D eigenvalue weighted by molar-refractivity contribution is 7.89. The van der Waals surface area contributed by atoms with Gasteiger partial charge in [-0.05, 0) is 57.7 Å². The number of amides is 1. The van der Waals surface area contributed by atoms with E-state index in [0.29, 0.717) is 24.6 Å². The highest BCUT2D eigenvalue weighted by Crippen LogP contribution is 2.23. The fraction of sp³-hybridized carbons (Fsp3) is 0.611. The number of hydrogen-bond acceptors (Lipinski definition) is 4. The Morgan fingerprint density at radius 1 is 1.23 bits per heavy atom. The zero-order valence-corrected chi connectivity index (χ0v) is 17.5. The van der Waals surface area contributed by atoms with Crippen LogP contribution in [-0.2, 0) is 10.0 Å². The lowest BCUT2D eigenvalue weighted by Crippen LogP contribution is -2.42. The van der Waals surface area contributed by atoms with E-state index in [1.807, 2.05) is 20.8 Å². The zero-order valence-electron chi connectivity index (χ0n) is 15.9. The highest BCUT2D eigenvalue weighted by atomic mass is 35.5. The van der Waals surface area contributed by atoms with Gasteiger partial charge in [-0.25, -0.2) is 8.42 Å². The molecule has 0 aliphatic carbocycles. The zero-order chi connectivity index (χ0) is 18.8. The van der Waals surface area contributed by atoms with Crippen LogP contribution in [0.5, 0.6) is 0 Å². The monoisotopic (exact) mass is 403 g/mol. The molecule has 0 bridgehead atoms. The summed E-state index contributed by atoms with van der Waals surface area (Å²) in [7, 11) is -2.05. The van der Waals surface area contributed by atoms with E-state index >= 15 is 0 Å². The molecule has 0 spiro atoms. The molecule has 2 rings (SSSR count). The number of hydrogen-bond donors (Lipinski definition) is 1. The van der Waals surface area contributed by atoms with Gasteiger partial charge >= 0.3 is 0 Å². The van der Waals surface area contributed by atoms with Crippen LogP contribution < -0.4 is 5.73 Å². The summed E-state index contributed by atoms with van der Waals surface area (Å²) in [5, 5.41) is 0. The molecule has 148 valence electrons. The SMILES string of the molecule is CC(N)C1CCN(C(=O)c2cccc(S(=O)(=O)N(C)C(C)C)c2)CC1.Cl. The Bertz CT molecular complexity index is 714. The molecular weight excluding hydrogens is 374 g/mol. The maximum atomic E-state index is 12.7. The summed E-state index contributed by atoms with van der Waals surface area (Å²) in [6, 6.07) is 6.30. The third-order valence-electron chi connectivity index (χ3n) is 5.06. The van der Waals surface area contributed by atoms with Crippen LogP contribution in [-0.4, -0.2) is 55.8 Å². The molecule has 1 aliphatic heterocycles. The molecular formula is C18H30ClN3O3S. The molecule has 1 unspecified atom stereocenters. The number of carbonyl (C=O) groups excluding carboxylic acids is 1. The minimum atomic E-state index is -3.60. The number of likely N-dealkylation sites (tertiary alicyclic amines) is 1. The average molecular weight is 404 g/mol. The van der Waals surface area contributed by atoms with Gasteiger partial charge in [0.2, 0.25) is 10.0 Å². The molecule has 1 amide bonds. The van der Waals surface area contributed by atoms with Crippen LogP contribution in [0.25, 0.3) is 0 Å². The molecule has 26 heavy (non-hydrogen) atoms. The molecule has 1 heterocycles. The first-order chi connectivity index (χ1) is 11.6. The molecule has 1 fully saturated rings. The van der Waals surface area contributed by atoms with Gasteiger partial charge in [-0.15, -0.1) is 12.4 Å². The topological polar surface area (TPSA) is 83.7 Å². The molecule has 6 nitrogen and oxygen atoms in total. The van der Waals surface area contributed by atoms with Gasteiger partial charge in [0.1, 0.15) is 0 Å². The first kappa shape index (κ1) is 22.9. The summed E-state index contributed by atoms with van der Waals surface area (Å²) >= 11 is 0. The van der Waals surface area contributed by atoms with Crippen LogP contribution in [0.4, 0.5) is 0 Å². The summed E-state index contributed by atoms with van der Waals surface area (Å²) in [6.45, 7) is 6.95. The van der Waals surface area contributed by atoms with Gasteiger partial charge in [-0.1, -0.05) is 6.07 Å². The number of halogens is 1. The van der Waals surface area contributed by atoms with E-state index in [-0.39, 0.29) is 35.3 Å². The predicted molar refractivity (Wildman–Crippen MR) is 106 cm³/mol. The first-order valence-corrected chi connectivity index (χ1v) is 10.2. The van der Waals surface area contributed by atoms with Gasteiger partial charge in [-0.2, -0.15) is 4.31 Å². The second-order valence-electron chi connectivity index (χ2n) is 7.13. The average Bonchev–Trinajstić information content (AvgIpc) is 2.60. The quantitative estimate of drug-likeness (QED) is 0.817. The summed E-state index contributed by atoms with van der Waals surface area (Å²) < 4.78 is 26.6. The smallest absolute Gasteiger partial charge is 0.253 e. The Labute approximate surface area is 163 Å². The van der Waals surface area contributed by atoms with Gasteiger partial charge < -0.3 is 10.6 Å². The third kappa shape index (κ3) is 4.97. The first-order valence-electron chi connectivity index (χ1n) is 8.77. The fourth-order valence-corrected chi connectivity index (χ4v) is 4.46. The summed E-state index contributed by atoms with van der Waals surface area (Å²) in [6.07, 6.45) is 1.77. The van der Waals surface area contributed by atoms with Crippen LogP contribution >= 0.6 is 12.4 Å². The standard InChI is InChI=1S/C18H29N3O3S.ClH/c1-13(2)20(4)25(23,24)17-7-5-6-16(12-17)18(22)21-10-8-15(9-11-21)14(3)19;/h5-7,12-15H,8-11,19H2,1-4H3;1H. The van der Waals surface area contributed by atoms with Crippen molar-refractivity contribution < 1.29 is 13.2 Å². The molecule has 1 aliphatic rings. The van der Waals surface area contributed by atoms with Crippen molar-refractivity contribution in [1.82, 2.24) is 9.21 Å². The normalized spacial score (nSPS) is 17.3. The van der Waals surface area contributed by atoms with Crippen molar-refractivity contribution in [2.75, 3.05) is 20.1 Å². The van der Waals surface area contributed by atoms with E-state index in [1.54, 1.807) is 24.1 Å². The van der Waals surface area contributed by atoms with E-state index < -0.39 is 10.0 Å². The molecule has 8 heteroatoms. The second-order valence-corrected chi connectivity index (χ2v) is 9.13. The van der Waals surface area contributed by atoms with Crippen LogP contribution in [0.15, 0.2) is 29.2 Å². The molecule has 0 aromatic heterocycles. The number of nitrogens with zero attached hydrogens (tertiary/aromatic N) is 2. The Morgan fingerprint density at radius 2 is 1.81 bits per heavy atom. The number of carbonyl (C=O) groups is 1. The van der Waals surface area contributed by atoms with E-state index in [2.05, 4.69) is 0 Å². The van der Waals surface area contributed by atoms with Gasteiger partial charge in [0, 0.05) is 37.8 Å². The summed E-state index contributed by atoms with van der Waals surface area (Å²) in [5.41, 5.74) is 6.36. The molecule has 0 radical (unpaired) electrons. The van der Waals surface area contributed by atoms with Crippen molar-refractivity contribution in [3.63, 3.8) is 0 Å². The van der Waals surface area contributed by atoms with Crippen LogP contribution in [0.1, 0.15) is 44.0 Å². The number of sulfonamides is 1. The molecule has 2 N–H and O–H groups in total. The van der Waals surface area contributed by atoms with Gasteiger partial charge in [0.25, 0.3) is 5.91 Å². The predicted octanol–water partition coefficient (Wildman–Crippen LogP) is 2.34. The molecule has 1 atom stereocenters. The van der Waals surface area contributed by atoms with Gasteiger partial charge in [0.05, 0.1) is 4.90 Å². The minimum absolute atomic E-state index is 0. The Balaban J connectivity index is 0.00000338. The lowest BCUT2D eigenvalue weighted by atomic mass is 9.90. The fourth-order valence-electron chi connectivity index (χ4n) is 3.04. The Morgan fingerprint density at radius 3 is 2.31 bits per heavy atom. The van der Waals surface area contributed by atoms with E-state index in [4.69, 9.17) is 5.73 Å². The molecule has 1 aromatic carbocycles. The lowest BCUT2D eigenvalue weighted by Gasteiger charge is -2.33. The second kappa shape index (κ2) is 9.17. The Hall–Kier alpha value is -1.15. The molecule has 1 saturated heterocycles. The summed E-state index contributed by atoms with van der Waals surface area (Å²) in [4.78, 5) is 14.7. The van der Waals surface area contributed by atoms with Crippen molar-refractivity contribution in [3.05, 3.63) is 29.8 Å². The number of benzene rings is 1. The maximum absolute atomic E-state index is 12.7. The van der Waals surface area contributed by atoms with Crippen LogP contribution in [0, 0.1) is 5.92 Å². The van der Waals surface area contributed by atoms with Crippen LogP contribution in [0.2, 0.25) is 0 Å². The lowest BCUT2D eigenvalue weighted by molar-refractivity contribution is 0.0680. The third-order valence-corrected chi connectivity index (χ3v) is 7.09. The number of nitrogens with two attached hydrogens (primary N) is 1. The van der Waals surface area contributed by atoms with E-state index in [0.717, 1.165) is 12.8 Å². The highest BCUT2D eigenvalue weighted by Gasteiger charge is 2.27. The molecule has 1 aromatic rings. The summed E-state index contributed by atoms with van der Waals surface area (Å²) in [5.74, 6) is 0.322. The Kier molecular flexibility index (Phi) is 8.07. The van der Waals surface area contributed by atoms with Gasteiger partial charge in [-0.3, -0.25) is 4.79 Å². The molecule has 0 saturated carbocycles. The van der Waals surface area contributed by atoms with Crippen molar-refractivity contribution in [1.29, 1.82) is 0 Å². The van der Waals surface area contributed by atoms with Crippen molar-refractivity contribution >= 4 is 28.3 Å².